The van der Waals surface area contributed by atoms with Crippen molar-refractivity contribution in [3.63, 3.8) is 0 Å². The van der Waals surface area contributed by atoms with Crippen LogP contribution in [0.3, 0.4) is 0 Å². The van der Waals surface area contributed by atoms with E-state index in [1.54, 1.807) is 25.8 Å². The highest BCUT2D eigenvalue weighted by Gasteiger charge is 2.25. The monoisotopic (exact) mass is 313 g/mol. The Balaban J connectivity index is 2.11. The van der Waals surface area contributed by atoms with Gasteiger partial charge in [-0.15, -0.1) is 11.8 Å². The molecule has 0 saturated heterocycles. The van der Waals surface area contributed by atoms with Gasteiger partial charge in [-0.3, -0.25) is 4.79 Å². The van der Waals surface area contributed by atoms with Gasteiger partial charge >= 0.3 is 0 Å². The van der Waals surface area contributed by atoms with Crippen molar-refractivity contribution < 1.29 is 9.53 Å². The smallest absolute Gasteiger partial charge is 0.216 e. The fraction of sp³-hybridized carbons (Fsp3) is 0.278. The zero-order chi connectivity index (χ0) is 15.5. The first-order chi connectivity index (χ1) is 10.7. The first-order valence-electron chi connectivity index (χ1n) is 7.32. The Bertz CT molecular complexity index is 699. The van der Waals surface area contributed by atoms with Gasteiger partial charge in [0.15, 0.2) is 0 Å². The van der Waals surface area contributed by atoms with E-state index in [1.807, 2.05) is 12.1 Å². The molecule has 0 radical (unpaired) electrons. The van der Waals surface area contributed by atoms with E-state index in [9.17, 15) is 4.79 Å². The lowest BCUT2D eigenvalue weighted by atomic mass is 9.88. The third-order valence-corrected chi connectivity index (χ3v) is 5.14. The molecule has 1 aliphatic heterocycles. The van der Waals surface area contributed by atoms with Crippen molar-refractivity contribution in [2.75, 3.05) is 13.7 Å². The van der Waals surface area contributed by atoms with Crippen LogP contribution < -0.4 is 10.1 Å². The summed E-state index contributed by atoms with van der Waals surface area (Å²) in [6, 6.07) is 14.6. The minimum Gasteiger partial charge on any atom is -0.496 e. The lowest BCUT2D eigenvalue weighted by Gasteiger charge is -2.21. The molecular formula is C18H19NO2S. The number of thioether (sulfide) groups is 1. The van der Waals surface area contributed by atoms with Crippen LogP contribution in [0.1, 0.15) is 29.5 Å². The number of benzene rings is 2. The third-order valence-electron chi connectivity index (χ3n) is 3.96. The van der Waals surface area contributed by atoms with E-state index in [2.05, 4.69) is 35.6 Å². The molecule has 0 aliphatic carbocycles. The van der Waals surface area contributed by atoms with Crippen LogP contribution in [0.15, 0.2) is 47.4 Å². The Morgan fingerprint density at radius 3 is 2.77 bits per heavy atom. The Hall–Kier alpha value is -1.94. The Kier molecular flexibility index (Phi) is 4.39. The number of hydrogen-bond acceptors (Lipinski definition) is 3. The van der Waals surface area contributed by atoms with Crippen LogP contribution in [-0.2, 0) is 10.5 Å². The normalized spacial score (nSPS) is 16.2. The van der Waals surface area contributed by atoms with E-state index in [4.69, 9.17) is 4.74 Å². The van der Waals surface area contributed by atoms with Crippen LogP contribution in [-0.4, -0.2) is 19.6 Å². The average Bonchev–Trinajstić information content (AvgIpc) is 2.69. The van der Waals surface area contributed by atoms with Gasteiger partial charge in [-0.2, -0.15) is 0 Å². The summed E-state index contributed by atoms with van der Waals surface area (Å²) < 4.78 is 5.53. The first-order valence-corrected chi connectivity index (χ1v) is 8.31. The van der Waals surface area contributed by atoms with Crippen molar-refractivity contribution in [3.8, 4) is 5.75 Å². The molecule has 0 saturated carbocycles. The van der Waals surface area contributed by atoms with Crippen LogP contribution in [0.25, 0.3) is 0 Å². The van der Waals surface area contributed by atoms with Crippen molar-refractivity contribution in [3.05, 3.63) is 59.2 Å². The maximum Gasteiger partial charge on any atom is 0.216 e. The maximum atomic E-state index is 11.4. The molecule has 1 aliphatic rings. The third kappa shape index (κ3) is 2.83. The topological polar surface area (TPSA) is 38.3 Å². The van der Waals surface area contributed by atoms with Gasteiger partial charge in [-0.1, -0.05) is 36.4 Å². The molecule has 2 aromatic carbocycles. The molecule has 114 valence electrons. The van der Waals surface area contributed by atoms with Gasteiger partial charge in [0.2, 0.25) is 5.91 Å². The predicted molar refractivity (Wildman–Crippen MR) is 89.5 cm³/mol. The van der Waals surface area contributed by atoms with Gasteiger partial charge in [-0.25, -0.2) is 0 Å². The minimum absolute atomic E-state index is 0.00109. The summed E-state index contributed by atoms with van der Waals surface area (Å²) in [7, 11) is 1.71. The standard InChI is InChI=1S/C18H19NO2S/c1-12(20)19-10-16-14-7-4-3-6-13(14)11-22-18-15(16)8-5-9-17(18)21-2/h3-9,16H,10-11H2,1-2H3,(H,19,20). The highest BCUT2D eigenvalue weighted by atomic mass is 32.2. The molecule has 1 N–H and O–H groups in total. The highest BCUT2D eigenvalue weighted by molar-refractivity contribution is 7.98. The van der Waals surface area contributed by atoms with Gasteiger partial charge in [0.05, 0.1) is 12.0 Å². The van der Waals surface area contributed by atoms with Crippen molar-refractivity contribution in [2.24, 2.45) is 0 Å². The van der Waals surface area contributed by atoms with Crippen LogP contribution >= 0.6 is 11.8 Å². The molecule has 0 bridgehead atoms. The van der Waals surface area contributed by atoms with E-state index in [-0.39, 0.29) is 11.8 Å². The summed E-state index contributed by atoms with van der Waals surface area (Å²) in [6.45, 7) is 2.16. The first kappa shape index (κ1) is 15.0. The molecule has 1 amide bonds. The van der Waals surface area contributed by atoms with Crippen LogP contribution in [0.5, 0.6) is 5.75 Å². The molecule has 0 fully saturated rings. The van der Waals surface area contributed by atoms with Crippen LogP contribution in [0.4, 0.5) is 0 Å². The second kappa shape index (κ2) is 6.44. The van der Waals surface area contributed by atoms with Crippen LogP contribution in [0, 0.1) is 0 Å². The highest BCUT2D eigenvalue weighted by Crippen LogP contribution is 2.44. The van der Waals surface area contributed by atoms with E-state index in [0.29, 0.717) is 6.54 Å². The quantitative estimate of drug-likeness (QED) is 0.941. The molecule has 1 atom stereocenters. The number of amides is 1. The maximum absolute atomic E-state index is 11.4. The second-order valence-electron chi connectivity index (χ2n) is 5.36. The molecule has 2 aromatic rings. The number of hydrogen-bond donors (Lipinski definition) is 1. The molecule has 4 heteroatoms. The SMILES string of the molecule is COc1cccc2c1SCc1ccccc1C2CNC(C)=O. The number of fused-ring (bicyclic) bond motifs is 2. The Morgan fingerprint density at radius 1 is 1.23 bits per heavy atom. The second-order valence-corrected chi connectivity index (χ2v) is 6.34. The van der Waals surface area contributed by atoms with E-state index in [0.717, 1.165) is 11.5 Å². The lowest BCUT2D eigenvalue weighted by molar-refractivity contribution is -0.118. The number of methoxy groups -OCH3 is 1. The fourth-order valence-corrected chi connectivity index (χ4v) is 4.14. The van der Waals surface area contributed by atoms with Crippen molar-refractivity contribution >= 4 is 17.7 Å². The Morgan fingerprint density at radius 2 is 2.00 bits per heavy atom. The lowest BCUT2D eigenvalue weighted by Crippen LogP contribution is -2.27. The molecule has 3 rings (SSSR count). The summed E-state index contributed by atoms with van der Waals surface area (Å²) in [6.07, 6.45) is 0. The average molecular weight is 313 g/mol. The van der Waals surface area contributed by atoms with Gasteiger partial charge < -0.3 is 10.1 Å². The molecule has 0 spiro atoms. The molecule has 0 aromatic heterocycles. The van der Waals surface area contributed by atoms with E-state index in [1.165, 1.54) is 21.6 Å². The van der Waals surface area contributed by atoms with Gasteiger partial charge in [0.25, 0.3) is 0 Å². The molecule has 1 unspecified atom stereocenters. The van der Waals surface area contributed by atoms with Gasteiger partial charge in [0.1, 0.15) is 5.75 Å². The number of rotatable bonds is 3. The fourth-order valence-electron chi connectivity index (χ4n) is 2.91. The van der Waals surface area contributed by atoms with Gasteiger partial charge in [0, 0.05) is 25.1 Å². The van der Waals surface area contributed by atoms with Crippen molar-refractivity contribution in [1.29, 1.82) is 0 Å². The molecular weight excluding hydrogens is 294 g/mol. The van der Waals surface area contributed by atoms with Crippen molar-refractivity contribution in [2.45, 2.75) is 23.5 Å². The van der Waals surface area contributed by atoms with Crippen molar-refractivity contribution in [1.82, 2.24) is 5.32 Å². The zero-order valence-electron chi connectivity index (χ0n) is 12.8. The summed E-state index contributed by atoms with van der Waals surface area (Å²) >= 11 is 1.80. The molecule has 1 heterocycles. The molecule has 22 heavy (non-hydrogen) atoms. The summed E-state index contributed by atoms with van der Waals surface area (Å²) in [5.74, 6) is 1.97. The van der Waals surface area contributed by atoms with Crippen LogP contribution in [0.2, 0.25) is 0 Å². The summed E-state index contributed by atoms with van der Waals surface area (Å²) in [5.41, 5.74) is 3.83. The number of carbonyl (C=O) groups is 1. The number of carbonyl (C=O) groups excluding carboxylic acids is 1. The van der Waals surface area contributed by atoms with E-state index >= 15 is 0 Å². The van der Waals surface area contributed by atoms with Gasteiger partial charge in [-0.05, 0) is 22.8 Å². The number of ether oxygens (including phenoxy) is 1. The Labute approximate surface area is 135 Å². The summed E-state index contributed by atoms with van der Waals surface area (Å²) in [5, 5.41) is 2.97. The predicted octanol–water partition coefficient (Wildman–Crippen LogP) is 3.57. The number of nitrogens with one attached hydrogen (secondary N) is 1. The summed E-state index contributed by atoms with van der Waals surface area (Å²) in [4.78, 5) is 12.6. The minimum atomic E-state index is -0.00109. The largest absolute Gasteiger partial charge is 0.496 e. The zero-order valence-corrected chi connectivity index (χ0v) is 13.6. The van der Waals surface area contributed by atoms with E-state index < -0.39 is 0 Å². The molecule has 3 nitrogen and oxygen atoms in total.